The van der Waals surface area contributed by atoms with Gasteiger partial charge in [0.2, 0.25) is 5.91 Å². The Bertz CT molecular complexity index is 489. The Labute approximate surface area is 95.0 Å². The van der Waals surface area contributed by atoms with Crippen molar-refractivity contribution in [3.8, 4) is 5.75 Å². The highest BCUT2D eigenvalue weighted by Gasteiger charge is 2.03. The molecule has 76 valence electrons. The molecule has 0 atom stereocenters. The Kier molecular flexibility index (Phi) is 1.95. The molecule has 0 aromatic heterocycles. The van der Waals surface area contributed by atoms with E-state index in [1.54, 1.807) is 0 Å². The smallest absolute Gasteiger partial charge is 0.221 e. The lowest BCUT2D eigenvalue weighted by atomic mass is 10.3. The summed E-state index contributed by atoms with van der Waals surface area (Å²) < 4.78 is 40.5. The van der Waals surface area contributed by atoms with Gasteiger partial charge in [-0.05, 0) is 19.0 Å². The van der Waals surface area contributed by atoms with E-state index in [4.69, 9.17) is 23.2 Å². The standard InChI is InChI=1S/C10H12ClNO2/c1-3-14-8-4-5-10(9(11)6-8)12-7(2)13/h4-6H,3H2,1-2H3,(H,12,13)/i1D3,3D2. The van der Waals surface area contributed by atoms with Crippen LogP contribution >= 0.6 is 11.6 Å². The molecule has 4 heteroatoms. The minimum absolute atomic E-state index is 0.0415. The first-order valence-electron chi connectivity index (χ1n) is 6.29. The second kappa shape index (κ2) is 4.86. The van der Waals surface area contributed by atoms with Gasteiger partial charge in [0.1, 0.15) is 5.75 Å². The highest BCUT2D eigenvalue weighted by atomic mass is 35.5. The Morgan fingerprint density at radius 3 is 3.14 bits per heavy atom. The first-order valence-corrected chi connectivity index (χ1v) is 4.17. The van der Waals surface area contributed by atoms with E-state index in [0.717, 1.165) is 0 Å². The van der Waals surface area contributed by atoms with E-state index in [2.05, 4.69) is 5.32 Å². The van der Waals surface area contributed by atoms with Crippen molar-refractivity contribution in [2.75, 3.05) is 11.9 Å². The third-order valence-electron chi connectivity index (χ3n) is 1.42. The summed E-state index contributed by atoms with van der Waals surface area (Å²) in [7, 11) is 0. The number of halogens is 1. The summed E-state index contributed by atoms with van der Waals surface area (Å²) in [5, 5.41) is 2.58. The van der Waals surface area contributed by atoms with Crippen molar-refractivity contribution in [3.05, 3.63) is 23.2 Å². The summed E-state index contributed by atoms with van der Waals surface area (Å²) in [6.07, 6.45) is 0. The van der Waals surface area contributed by atoms with E-state index < -0.39 is 13.4 Å². The molecule has 0 aliphatic carbocycles. The normalized spacial score (nSPS) is 16.9. The first-order chi connectivity index (χ1) is 8.53. The average Bonchev–Trinajstić information content (AvgIpc) is 2.19. The van der Waals surface area contributed by atoms with Crippen LogP contribution in [0.25, 0.3) is 0 Å². The van der Waals surface area contributed by atoms with Crippen molar-refractivity contribution >= 4 is 23.2 Å². The molecule has 14 heavy (non-hydrogen) atoms. The van der Waals surface area contributed by atoms with Crippen molar-refractivity contribution in [1.82, 2.24) is 0 Å². The van der Waals surface area contributed by atoms with Gasteiger partial charge in [0.05, 0.1) is 20.0 Å². The van der Waals surface area contributed by atoms with Crippen LogP contribution in [0, 0.1) is 0 Å². The average molecular weight is 219 g/mol. The third kappa shape index (κ3) is 2.92. The molecule has 1 N–H and O–H groups in total. The van der Waals surface area contributed by atoms with Crippen molar-refractivity contribution in [3.63, 3.8) is 0 Å². The molecule has 1 aromatic rings. The predicted octanol–water partition coefficient (Wildman–Crippen LogP) is 2.70. The monoisotopic (exact) mass is 218 g/mol. The van der Waals surface area contributed by atoms with Crippen LogP contribution in [0.5, 0.6) is 5.75 Å². The number of amides is 1. The Morgan fingerprint density at radius 1 is 1.79 bits per heavy atom. The number of anilines is 1. The van der Waals surface area contributed by atoms with Crippen molar-refractivity contribution in [2.45, 2.75) is 13.8 Å². The molecule has 0 bridgehead atoms. The molecule has 3 nitrogen and oxygen atoms in total. The van der Waals surface area contributed by atoms with Gasteiger partial charge in [-0.3, -0.25) is 4.79 Å². The minimum Gasteiger partial charge on any atom is -0.494 e. The Balaban J connectivity index is 2.93. The maximum Gasteiger partial charge on any atom is 0.221 e. The quantitative estimate of drug-likeness (QED) is 0.847. The molecule has 1 amide bonds. The highest BCUT2D eigenvalue weighted by Crippen LogP contribution is 2.26. The van der Waals surface area contributed by atoms with Gasteiger partial charge in [-0.2, -0.15) is 0 Å². The second-order valence-corrected chi connectivity index (χ2v) is 2.93. The van der Waals surface area contributed by atoms with E-state index >= 15 is 0 Å². The fraction of sp³-hybridized carbons (Fsp3) is 0.300. The van der Waals surface area contributed by atoms with Crippen LogP contribution in [0.15, 0.2) is 18.2 Å². The summed E-state index contributed by atoms with van der Waals surface area (Å²) in [5.74, 6) is -0.353. The molecule has 0 unspecified atom stereocenters. The van der Waals surface area contributed by atoms with Crippen LogP contribution in [-0.4, -0.2) is 12.5 Å². The third-order valence-corrected chi connectivity index (χ3v) is 1.73. The molecular weight excluding hydrogens is 202 g/mol. The van der Waals surface area contributed by atoms with Gasteiger partial charge in [0.15, 0.2) is 0 Å². The number of rotatable bonds is 3. The van der Waals surface area contributed by atoms with E-state index in [9.17, 15) is 4.79 Å². The van der Waals surface area contributed by atoms with Crippen LogP contribution in [0.1, 0.15) is 20.6 Å². The number of benzene rings is 1. The number of ether oxygens (including phenoxy) is 1. The van der Waals surface area contributed by atoms with Gasteiger partial charge in [0.25, 0.3) is 0 Å². The summed E-state index contributed by atoms with van der Waals surface area (Å²) in [4.78, 5) is 10.9. The molecular formula is C10H12ClNO2. The molecule has 1 aromatic carbocycles. The maximum atomic E-state index is 10.9. The predicted molar refractivity (Wildman–Crippen MR) is 56.9 cm³/mol. The summed E-state index contributed by atoms with van der Waals surface area (Å²) in [6, 6.07) is 3.95. The number of nitrogens with one attached hydrogen (secondary N) is 1. The van der Waals surface area contributed by atoms with Crippen molar-refractivity contribution in [1.29, 1.82) is 0 Å². The first kappa shape index (κ1) is 5.61. The van der Waals surface area contributed by atoms with Crippen LogP contribution in [0.2, 0.25) is 5.02 Å². The summed E-state index contributed by atoms with van der Waals surface area (Å²) in [6.45, 7) is -4.43. The zero-order valence-electron chi connectivity index (χ0n) is 12.4. The van der Waals surface area contributed by atoms with E-state index in [0.29, 0.717) is 5.69 Å². The molecule has 0 aliphatic heterocycles. The minimum atomic E-state index is -2.92. The largest absolute Gasteiger partial charge is 0.494 e. The molecule has 0 saturated heterocycles. The number of carbonyl (C=O) groups excluding carboxylic acids is 1. The molecule has 0 heterocycles. The number of hydrogen-bond acceptors (Lipinski definition) is 2. The van der Waals surface area contributed by atoms with Gasteiger partial charge in [-0.1, -0.05) is 11.6 Å². The van der Waals surface area contributed by atoms with Crippen LogP contribution in [0.3, 0.4) is 0 Å². The molecule has 0 radical (unpaired) electrons. The van der Waals surface area contributed by atoms with Crippen LogP contribution < -0.4 is 10.1 Å². The Morgan fingerprint density at radius 2 is 2.57 bits per heavy atom. The topological polar surface area (TPSA) is 38.3 Å². The zero-order valence-corrected chi connectivity index (χ0v) is 8.18. The maximum absolute atomic E-state index is 10.9. The molecule has 0 spiro atoms. The second-order valence-electron chi connectivity index (χ2n) is 2.53. The van der Waals surface area contributed by atoms with Crippen LogP contribution in [-0.2, 0) is 4.79 Å². The van der Waals surface area contributed by atoms with Crippen molar-refractivity contribution < 1.29 is 16.4 Å². The van der Waals surface area contributed by atoms with Gasteiger partial charge in [0, 0.05) is 17.1 Å². The van der Waals surface area contributed by atoms with E-state index in [-0.39, 0.29) is 16.7 Å². The lowest BCUT2D eigenvalue weighted by Crippen LogP contribution is -2.06. The molecule has 0 saturated carbocycles. The Hall–Kier alpha value is -1.22. The van der Waals surface area contributed by atoms with Gasteiger partial charge >= 0.3 is 0 Å². The molecule has 1 rings (SSSR count). The van der Waals surface area contributed by atoms with Gasteiger partial charge in [-0.15, -0.1) is 0 Å². The fourth-order valence-electron chi connectivity index (χ4n) is 0.909. The van der Waals surface area contributed by atoms with Crippen molar-refractivity contribution in [2.24, 2.45) is 0 Å². The zero-order chi connectivity index (χ0) is 14.8. The van der Waals surface area contributed by atoms with Gasteiger partial charge < -0.3 is 10.1 Å². The number of hydrogen-bond donors (Lipinski definition) is 1. The lowest BCUT2D eigenvalue weighted by molar-refractivity contribution is -0.114. The number of carbonyl (C=O) groups is 1. The lowest BCUT2D eigenvalue weighted by Gasteiger charge is -2.07. The fourth-order valence-corrected chi connectivity index (χ4v) is 1.13. The SMILES string of the molecule is [2H]C([2H])([2H])C([2H])([2H])Oc1ccc(NC(C)=O)c(Cl)c1. The van der Waals surface area contributed by atoms with E-state index in [1.165, 1.54) is 25.1 Å². The molecule has 0 fully saturated rings. The van der Waals surface area contributed by atoms with Crippen LogP contribution in [0.4, 0.5) is 5.69 Å². The molecule has 0 aliphatic rings. The van der Waals surface area contributed by atoms with E-state index in [1.807, 2.05) is 0 Å². The summed E-state index contributed by atoms with van der Waals surface area (Å²) >= 11 is 5.86. The summed E-state index contributed by atoms with van der Waals surface area (Å²) in [5.41, 5.74) is 0.330. The van der Waals surface area contributed by atoms with Gasteiger partial charge in [-0.25, -0.2) is 0 Å². The highest BCUT2D eigenvalue weighted by molar-refractivity contribution is 6.33.